The maximum absolute atomic E-state index is 5.53. The number of nitrogens with two attached hydrogens (primary N) is 1. The molecule has 0 bridgehead atoms. The highest BCUT2D eigenvalue weighted by Gasteiger charge is 2.10. The van der Waals surface area contributed by atoms with E-state index >= 15 is 0 Å². The summed E-state index contributed by atoms with van der Waals surface area (Å²) in [6.07, 6.45) is 1.77. The van der Waals surface area contributed by atoms with E-state index in [2.05, 4.69) is 20.3 Å². The van der Waals surface area contributed by atoms with Crippen molar-refractivity contribution in [2.75, 3.05) is 0 Å². The molecule has 0 spiro atoms. The third-order valence-corrected chi connectivity index (χ3v) is 3.35. The van der Waals surface area contributed by atoms with Crippen molar-refractivity contribution in [3.8, 4) is 10.7 Å². The molecule has 0 radical (unpaired) electrons. The van der Waals surface area contributed by atoms with Gasteiger partial charge in [0.15, 0.2) is 10.8 Å². The fourth-order valence-corrected chi connectivity index (χ4v) is 2.35. The van der Waals surface area contributed by atoms with E-state index in [4.69, 9.17) is 5.73 Å². The van der Waals surface area contributed by atoms with Crippen molar-refractivity contribution >= 4 is 16.3 Å². The molecule has 7 heteroatoms. The van der Waals surface area contributed by atoms with Gasteiger partial charge in [-0.1, -0.05) is 17.4 Å². The molecule has 6 nitrogen and oxygen atoms in total. The Morgan fingerprint density at radius 1 is 1.35 bits per heavy atom. The van der Waals surface area contributed by atoms with Crippen LogP contribution < -0.4 is 5.73 Å². The molecule has 0 fully saturated rings. The second kappa shape index (κ2) is 3.86. The van der Waals surface area contributed by atoms with Gasteiger partial charge >= 0.3 is 0 Å². The average molecular weight is 246 g/mol. The third-order valence-electron chi connectivity index (χ3n) is 2.43. The summed E-state index contributed by atoms with van der Waals surface area (Å²) in [6, 6.07) is 3.88. The van der Waals surface area contributed by atoms with Crippen molar-refractivity contribution < 1.29 is 0 Å². The lowest BCUT2D eigenvalue weighted by Gasteiger charge is -1.97. The predicted molar refractivity (Wildman–Crippen MR) is 64.5 cm³/mol. The first-order valence-corrected chi connectivity index (χ1v) is 5.94. The molecule has 0 unspecified atom stereocenters. The number of aryl methyl sites for hydroxylation is 1. The van der Waals surface area contributed by atoms with Gasteiger partial charge in [-0.3, -0.25) is 4.98 Å². The van der Waals surface area contributed by atoms with Crippen molar-refractivity contribution in [2.45, 2.75) is 13.5 Å². The van der Waals surface area contributed by atoms with Crippen LogP contribution in [0.15, 0.2) is 18.3 Å². The molecule has 17 heavy (non-hydrogen) atoms. The van der Waals surface area contributed by atoms with Gasteiger partial charge in [0, 0.05) is 12.7 Å². The summed E-state index contributed by atoms with van der Waals surface area (Å²) in [5.74, 6) is 0.779. The summed E-state index contributed by atoms with van der Waals surface area (Å²) >= 11 is 1.47. The number of nitrogens with zero attached hydrogens (tertiary/aromatic N) is 5. The van der Waals surface area contributed by atoms with Crippen LogP contribution >= 0.6 is 11.3 Å². The van der Waals surface area contributed by atoms with Crippen LogP contribution in [0, 0.1) is 6.92 Å². The minimum absolute atomic E-state index is 0.498. The Hall–Kier alpha value is -1.86. The molecule has 86 valence electrons. The lowest BCUT2D eigenvalue weighted by Crippen LogP contribution is -1.97. The first-order chi connectivity index (χ1) is 8.28. The zero-order chi connectivity index (χ0) is 11.8. The molecule has 0 saturated heterocycles. The van der Waals surface area contributed by atoms with Crippen molar-refractivity contribution in [1.82, 2.24) is 24.8 Å². The van der Waals surface area contributed by atoms with Gasteiger partial charge in [-0.05, 0) is 18.6 Å². The second-order valence-electron chi connectivity index (χ2n) is 3.60. The van der Waals surface area contributed by atoms with E-state index in [0.29, 0.717) is 6.54 Å². The zero-order valence-electron chi connectivity index (χ0n) is 9.16. The summed E-state index contributed by atoms with van der Waals surface area (Å²) in [6.45, 7) is 2.37. The van der Waals surface area contributed by atoms with E-state index in [1.54, 1.807) is 10.7 Å². The summed E-state index contributed by atoms with van der Waals surface area (Å²) in [5.41, 5.74) is 7.37. The van der Waals surface area contributed by atoms with Gasteiger partial charge in [-0.15, -0.1) is 10.2 Å². The maximum Gasteiger partial charge on any atom is 0.235 e. The molecule has 0 atom stereocenters. The number of pyridine rings is 1. The van der Waals surface area contributed by atoms with E-state index in [9.17, 15) is 0 Å². The quantitative estimate of drug-likeness (QED) is 0.730. The standard InChI is InChI=1S/C10H10N6S/c1-6-13-14-10-16(6)15-9(17-10)8-3-2-7(4-11)5-12-8/h2-3,5H,4,11H2,1H3. The van der Waals surface area contributed by atoms with Gasteiger partial charge in [-0.25, -0.2) is 0 Å². The smallest absolute Gasteiger partial charge is 0.235 e. The summed E-state index contributed by atoms with van der Waals surface area (Å²) < 4.78 is 1.72. The van der Waals surface area contributed by atoms with Crippen LogP contribution in [0.2, 0.25) is 0 Å². The highest BCUT2D eigenvalue weighted by Crippen LogP contribution is 2.23. The van der Waals surface area contributed by atoms with Crippen molar-refractivity contribution in [2.24, 2.45) is 5.73 Å². The van der Waals surface area contributed by atoms with Gasteiger partial charge in [0.1, 0.15) is 5.69 Å². The van der Waals surface area contributed by atoms with Gasteiger partial charge < -0.3 is 5.73 Å². The van der Waals surface area contributed by atoms with Crippen LogP contribution in [0.4, 0.5) is 0 Å². The molecule has 3 aromatic rings. The van der Waals surface area contributed by atoms with E-state index in [0.717, 1.165) is 27.1 Å². The Morgan fingerprint density at radius 2 is 2.24 bits per heavy atom. The fourth-order valence-electron chi connectivity index (χ4n) is 1.49. The normalized spacial score (nSPS) is 11.2. The van der Waals surface area contributed by atoms with E-state index < -0.39 is 0 Å². The Kier molecular flexibility index (Phi) is 2.34. The summed E-state index contributed by atoms with van der Waals surface area (Å²) in [5, 5.41) is 13.2. The Labute approximate surface area is 101 Å². The number of fused-ring (bicyclic) bond motifs is 1. The van der Waals surface area contributed by atoms with Crippen LogP contribution in [-0.2, 0) is 6.54 Å². The van der Waals surface area contributed by atoms with Crippen LogP contribution in [0.25, 0.3) is 15.7 Å². The van der Waals surface area contributed by atoms with Gasteiger partial charge in [0.05, 0.1) is 0 Å². The molecule has 0 aliphatic heterocycles. The highest BCUT2D eigenvalue weighted by atomic mass is 32.1. The first-order valence-electron chi connectivity index (χ1n) is 5.12. The maximum atomic E-state index is 5.53. The van der Waals surface area contributed by atoms with Gasteiger partial charge in [-0.2, -0.15) is 9.61 Å². The number of rotatable bonds is 2. The molecule has 0 aliphatic carbocycles. The van der Waals surface area contributed by atoms with Crippen molar-refractivity contribution in [3.05, 3.63) is 29.7 Å². The predicted octanol–water partition coefficient (Wildman–Crippen LogP) is 1.01. The molecule has 0 aliphatic rings. The number of aromatic nitrogens is 5. The monoisotopic (exact) mass is 246 g/mol. The molecule has 2 N–H and O–H groups in total. The third kappa shape index (κ3) is 1.69. The number of hydrogen-bond donors (Lipinski definition) is 1. The van der Waals surface area contributed by atoms with Gasteiger partial charge in [0.2, 0.25) is 4.96 Å². The van der Waals surface area contributed by atoms with Crippen LogP contribution in [0.3, 0.4) is 0 Å². The van der Waals surface area contributed by atoms with Crippen LogP contribution in [0.5, 0.6) is 0 Å². The number of hydrogen-bond acceptors (Lipinski definition) is 6. The van der Waals surface area contributed by atoms with E-state index in [1.165, 1.54) is 11.3 Å². The van der Waals surface area contributed by atoms with E-state index in [1.807, 2.05) is 19.1 Å². The largest absolute Gasteiger partial charge is 0.326 e. The minimum atomic E-state index is 0.498. The molecule has 3 heterocycles. The molecule has 0 saturated carbocycles. The fraction of sp³-hybridized carbons (Fsp3) is 0.200. The molecular formula is C10H10N6S. The lowest BCUT2D eigenvalue weighted by atomic mass is 10.2. The van der Waals surface area contributed by atoms with Gasteiger partial charge in [0.25, 0.3) is 0 Å². The highest BCUT2D eigenvalue weighted by molar-refractivity contribution is 7.19. The Bertz CT molecular complexity index is 653. The lowest BCUT2D eigenvalue weighted by molar-refractivity contribution is 0.895. The minimum Gasteiger partial charge on any atom is -0.326 e. The topological polar surface area (TPSA) is 82.0 Å². The molecular weight excluding hydrogens is 236 g/mol. The summed E-state index contributed by atoms with van der Waals surface area (Å²) in [7, 11) is 0. The second-order valence-corrected chi connectivity index (χ2v) is 4.56. The zero-order valence-corrected chi connectivity index (χ0v) is 9.98. The SMILES string of the molecule is Cc1nnc2sc(-c3ccc(CN)cn3)nn12. The van der Waals surface area contributed by atoms with Crippen molar-refractivity contribution in [3.63, 3.8) is 0 Å². The molecule has 3 rings (SSSR count). The van der Waals surface area contributed by atoms with Crippen molar-refractivity contribution in [1.29, 1.82) is 0 Å². The van der Waals surface area contributed by atoms with E-state index in [-0.39, 0.29) is 0 Å². The Balaban J connectivity index is 2.07. The van der Waals surface area contributed by atoms with Crippen LogP contribution in [-0.4, -0.2) is 24.8 Å². The Morgan fingerprint density at radius 3 is 2.88 bits per heavy atom. The summed E-state index contributed by atoms with van der Waals surface area (Å²) in [4.78, 5) is 5.11. The molecule has 3 aromatic heterocycles. The molecule has 0 amide bonds. The first kappa shape index (κ1) is 10.3. The average Bonchev–Trinajstić information content (AvgIpc) is 2.92. The van der Waals surface area contributed by atoms with Crippen LogP contribution in [0.1, 0.15) is 11.4 Å². The molecule has 0 aromatic carbocycles.